The number of benzene rings is 3. The number of aromatic hydroxyl groups is 1. The molecule has 2 atom stereocenters. The summed E-state index contributed by atoms with van der Waals surface area (Å²) in [6.45, 7) is 3.69. The van der Waals surface area contributed by atoms with Crippen LogP contribution in [0.25, 0.3) is 11.0 Å². The highest BCUT2D eigenvalue weighted by Gasteiger charge is 2.44. The minimum Gasteiger partial charge on any atom is -0.507 e. The lowest BCUT2D eigenvalue weighted by molar-refractivity contribution is -0.120. The average molecular weight is 438 g/mol. The third kappa shape index (κ3) is 3.40. The van der Waals surface area contributed by atoms with Gasteiger partial charge in [-0.25, -0.2) is 9.80 Å². The lowest BCUT2D eigenvalue weighted by Gasteiger charge is -2.25. The van der Waals surface area contributed by atoms with E-state index in [0.29, 0.717) is 22.4 Å². The molecule has 6 nitrogen and oxygen atoms in total. The molecule has 0 saturated carbocycles. The number of carbonyl (C=O) groups is 1. The first-order valence-corrected chi connectivity index (χ1v) is 10.7. The molecular weight excluding hydrogens is 416 g/mol. The van der Waals surface area contributed by atoms with Crippen LogP contribution in [0.3, 0.4) is 0 Å². The maximum absolute atomic E-state index is 13.7. The van der Waals surface area contributed by atoms with Crippen molar-refractivity contribution in [3.63, 3.8) is 0 Å². The SMILES string of the molecule is CC1=NN(c2ccccc2)C(=O)C1C(c1ccccc1C)c1c(O)c2ccccc2oc1=O. The second-order valence-corrected chi connectivity index (χ2v) is 8.19. The number of hydrazone groups is 1. The average Bonchev–Trinajstić information content (AvgIpc) is 3.11. The number of para-hydroxylation sites is 2. The molecule has 0 aliphatic carbocycles. The zero-order valence-electron chi connectivity index (χ0n) is 18.2. The molecule has 1 aliphatic heterocycles. The Morgan fingerprint density at radius 2 is 1.58 bits per heavy atom. The molecule has 1 aromatic heterocycles. The van der Waals surface area contributed by atoms with E-state index in [-0.39, 0.29) is 17.2 Å². The van der Waals surface area contributed by atoms with Gasteiger partial charge in [0.05, 0.1) is 22.6 Å². The molecule has 1 aliphatic rings. The molecule has 0 fully saturated rings. The predicted octanol–water partition coefficient (Wildman–Crippen LogP) is 4.98. The van der Waals surface area contributed by atoms with Crippen LogP contribution >= 0.6 is 0 Å². The monoisotopic (exact) mass is 438 g/mol. The van der Waals surface area contributed by atoms with Gasteiger partial charge in [0, 0.05) is 11.6 Å². The summed E-state index contributed by atoms with van der Waals surface area (Å²) in [4.78, 5) is 26.9. The second-order valence-electron chi connectivity index (χ2n) is 8.19. The molecule has 0 spiro atoms. The van der Waals surface area contributed by atoms with Crippen molar-refractivity contribution in [3.05, 3.63) is 106 Å². The number of nitrogens with zero attached hydrogens (tertiary/aromatic N) is 2. The highest BCUT2D eigenvalue weighted by molar-refractivity contribution is 6.16. The third-order valence-corrected chi connectivity index (χ3v) is 6.17. The van der Waals surface area contributed by atoms with E-state index < -0.39 is 17.5 Å². The standard InChI is InChI=1S/C27H22N2O4/c1-16-10-6-7-13-19(16)23(24-25(30)20-14-8-9-15-21(20)33-27(24)32)22-17(2)28-29(26(22)31)18-11-4-3-5-12-18/h3-15,22-23,30H,1-2H3. The number of aryl methyl sites for hydroxylation is 1. The molecule has 3 aromatic carbocycles. The van der Waals surface area contributed by atoms with Gasteiger partial charge in [-0.2, -0.15) is 5.10 Å². The summed E-state index contributed by atoms with van der Waals surface area (Å²) in [5.41, 5.74) is 2.54. The summed E-state index contributed by atoms with van der Waals surface area (Å²) in [5.74, 6) is -1.98. The van der Waals surface area contributed by atoms with Gasteiger partial charge in [0.25, 0.3) is 5.91 Å². The molecule has 4 aromatic rings. The van der Waals surface area contributed by atoms with Gasteiger partial charge in [0.15, 0.2) is 0 Å². The Balaban J connectivity index is 1.74. The smallest absolute Gasteiger partial charge is 0.343 e. The van der Waals surface area contributed by atoms with Crippen LogP contribution in [0.2, 0.25) is 0 Å². The van der Waals surface area contributed by atoms with E-state index in [1.165, 1.54) is 5.01 Å². The normalized spacial score (nSPS) is 16.8. The zero-order valence-corrected chi connectivity index (χ0v) is 18.2. The lowest BCUT2D eigenvalue weighted by Crippen LogP contribution is -2.34. The maximum Gasteiger partial charge on any atom is 0.343 e. The van der Waals surface area contributed by atoms with E-state index in [1.54, 1.807) is 31.2 Å². The quantitative estimate of drug-likeness (QED) is 0.456. The topological polar surface area (TPSA) is 83.1 Å². The summed E-state index contributed by atoms with van der Waals surface area (Å²) in [6.07, 6.45) is 0. The molecule has 33 heavy (non-hydrogen) atoms. The Kier molecular flexibility index (Phi) is 5.05. The van der Waals surface area contributed by atoms with Gasteiger partial charge < -0.3 is 9.52 Å². The van der Waals surface area contributed by atoms with E-state index in [4.69, 9.17) is 4.42 Å². The van der Waals surface area contributed by atoms with Gasteiger partial charge in [-0.3, -0.25) is 4.79 Å². The molecule has 0 saturated heterocycles. The van der Waals surface area contributed by atoms with Crippen LogP contribution in [0, 0.1) is 12.8 Å². The highest BCUT2D eigenvalue weighted by Crippen LogP contribution is 2.42. The fraction of sp³-hybridized carbons (Fsp3) is 0.148. The number of anilines is 1. The fourth-order valence-corrected chi connectivity index (χ4v) is 4.58. The molecule has 0 radical (unpaired) electrons. The number of fused-ring (bicyclic) bond motifs is 1. The largest absolute Gasteiger partial charge is 0.507 e. The zero-order chi connectivity index (χ0) is 23.1. The lowest BCUT2D eigenvalue weighted by atomic mass is 9.77. The second kappa shape index (κ2) is 8.06. The van der Waals surface area contributed by atoms with Crippen molar-refractivity contribution in [2.75, 3.05) is 5.01 Å². The minimum absolute atomic E-state index is 0.0609. The Bertz CT molecular complexity index is 1460. The molecule has 0 bridgehead atoms. The van der Waals surface area contributed by atoms with Crippen LogP contribution in [-0.4, -0.2) is 16.7 Å². The number of amides is 1. The van der Waals surface area contributed by atoms with E-state index in [1.807, 2.05) is 61.5 Å². The van der Waals surface area contributed by atoms with Crippen LogP contribution in [0.5, 0.6) is 5.75 Å². The van der Waals surface area contributed by atoms with Gasteiger partial charge >= 0.3 is 5.63 Å². The summed E-state index contributed by atoms with van der Waals surface area (Å²) in [6, 6.07) is 23.5. The Morgan fingerprint density at radius 3 is 2.33 bits per heavy atom. The van der Waals surface area contributed by atoms with Gasteiger partial charge in [-0.15, -0.1) is 0 Å². The maximum atomic E-state index is 13.7. The Labute approximate surface area is 190 Å². The van der Waals surface area contributed by atoms with E-state index in [2.05, 4.69) is 5.10 Å². The summed E-state index contributed by atoms with van der Waals surface area (Å²) < 4.78 is 5.58. The summed E-state index contributed by atoms with van der Waals surface area (Å²) in [5, 5.41) is 17.6. The first kappa shape index (κ1) is 20.7. The van der Waals surface area contributed by atoms with Crippen molar-refractivity contribution < 1.29 is 14.3 Å². The molecule has 1 amide bonds. The van der Waals surface area contributed by atoms with Crippen molar-refractivity contribution in [3.8, 4) is 5.75 Å². The molecule has 6 heteroatoms. The number of rotatable bonds is 4. The molecule has 2 unspecified atom stereocenters. The van der Waals surface area contributed by atoms with Gasteiger partial charge in [-0.05, 0) is 49.2 Å². The van der Waals surface area contributed by atoms with E-state index in [0.717, 1.165) is 11.1 Å². The van der Waals surface area contributed by atoms with E-state index >= 15 is 0 Å². The first-order valence-electron chi connectivity index (χ1n) is 10.7. The number of carbonyl (C=O) groups excluding carboxylic acids is 1. The third-order valence-electron chi connectivity index (χ3n) is 6.17. The van der Waals surface area contributed by atoms with Crippen LogP contribution in [-0.2, 0) is 4.79 Å². The molecular formula is C27H22N2O4. The van der Waals surface area contributed by atoms with Crippen molar-refractivity contribution in [2.24, 2.45) is 11.0 Å². The van der Waals surface area contributed by atoms with Gasteiger partial charge in [0.2, 0.25) is 0 Å². The van der Waals surface area contributed by atoms with Crippen LogP contribution in [0.1, 0.15) is 29.5 Å². The fourth-order valence-electron chi connectivity index (χ4n) is 4.58. The molecule has 2 heterocycles. The van der Waals surface area contributed by atoms with Crippen molar-refractivity contribution in [1.29, 1.82) is 0 Å². The highest BCUT2D eigenvalue weighted by atomic mass is 16.4. The molecule has 164 valence electrons. The number of hydrogen-bond donors (Lipinski definition) is 1. The summed E-state index contributed by atoms with van der Waals surface area (Å²) in [7, 11) is 0. The van der Waals surface area contributed by atoms with Crippen molar-refractivity contribution in [2.45, 2.75) is 19.8 Å². The van der Waals surface area contributed by atoms with Crippen LogP contribution in [0.4, 0.5) is 5.69 Å². The Hall–Kier alpha value is -4.19. The van der Waals surface area contributed by atoms with Crippen molar-refractivity contribution >= 4 is 28.3 Å². The predicted molar refractivity (Wildman–Crippen MR) is 128 cm³/mol. The van der Waals surface area contributed by atoms with Crippen molar-refractivity contribution in [1.82, 2.24) is 0 Å². The van der Waals surface area contributed by atoms with Gasteiger partial charge in [0.1, 0.15) is 11.3 Å². The Morgan fingerprint density at radius 1 is 0.909 bits per heavy atom. The molecule has 5 rings (SSSR count). The summed E-state index contributed by atoms with van der Waals surface area (Å²) >= 11 is 0. The molecule has 1 N–H and O–H groups in total. The van der Waals surface area contributed by atoms with Crippen LogP contribution in [0.15, 0.2) is 93.2 Å². The van der Waals surface area contributed by atoms with Gasteiger partial charge in [-0.1, -0.05) is 54.6 Å². The minimum atomic E-state index is -0.777. The number of hydrogen-bond acceptors (Lipinski definition) is 5. The first-order chi connectivity index (χ1) is 16.0. The van der Waals surface area contributed by atoms with Crippen LogP contribution < -0.4 is 10.6 Å². The van der Waals surface area contributed by atoms with E-state index in [9.17, 15) is 14.7 Å².